The third-order valence-corrected chi connectivity index (χ3v) is 3.59. The summed E-state index contributed by atoms with van der Waals surface area (Å²) in [6.45, 7) is 0. The molecule has 1 heterocycles. The normalized spacial score (nSPS) is 17.8. The lowest BCUT2D eigenvalue weighted by atomic mass is 9.81. The van der Waals surface area contributed by atoms with Gasteiger partial charge in [-0.15, -0.1) is 0 Å². The van der Waals surface area contributed by atoms with E-state index in [4.69, 9.17) is 0 Å². The van der Waals surface area contributed by atoms with Crippen molar-refractivity contribution < 1.29 is 14.7 Å². The smallest absolute Gasteiger partial charge is 0.329 e. The summed E-state index contributed by atoms with van der Waals surface area (Å²) in [5.74, 6) is -1.32. The van der Waals surface area contributed by atoms with Gasteiger partial charge in [0.05, 0.1) is 0 Å². The zero-order valence-electron chi connectivity index (χ0n) is 11.2. The van der Waals surface area contributed by atoms with Crippen LogP contribution in [0.4, 0.5) is 0 Å². The molecule has 1 saturated carbocycles. The summed E-state index contributed by atoms with van der Waals surface area (Å²) in [7, 11) is 0. The Balaban J connectivity index is 2.02. The predicted octanol–water partition coefficient (Wildman–Crippen LogP) is 2.00. The number of rotatable bonds is 4. The first-order chi connectivity index (χ1) is 9.62. The number of nitrogens with zero attached hydrogens (tertiary/aromatic N) is 1. The second kappa shape index (κ2) is 6.32. The monoisotopic (exact) mass is 274 g/mol. The Morgan fingerprint density at radius 1 is 1.30 bits per heavy atom. The van der Waals surface area contributed by atoms with Crippen LogP contribution in [0.1, 0.15) is 37.7 Å². The molecule has 0 spiro atoms. The Morgan fingerprint density at radius 3 is 2.65 bits per heavy atom. The Labute approximate surface area is 117 Å². The molecular weight excluding hydrogens is 256 g/mol. The fraction of sp³-hybridized carbons (Fsp3) is 0.400. The Hall–Kier alpha value is -2.17. The highest BCUT2D eigenvalue weighted by molar-refractivity contribution is 5.95. The summed E-state index contributed by atoms with van der Waals surface area (Å²) in [6, 6.07) is 3.60. The maximum absolute atomic E-state index is 11.9. The molecule has 106 valence electrons. The van der Waals surface area contributed by atoms with Crippen LogP contribution >= 0.6 is 0 Å². The summed E-state index contributed by atoms with van der Waals surface area (Å²) >= 11 is 0. The van der Waals surface area contributed by atoms with E-state index >= 15 is 0 Å². The second-order valence-electron chi connectivity index (χ2n) is 5.06. The first kappa shape index (κ1) is 14.2. The molecule has 2 rings (SSSR count). The van der Waals surface area contributed by atoms with Crippen molar-refractivity contribution in [2.24, 2.45) is 0 Å². The Bertz CT molecular complexity index is 505. The second-order valence-corrected chi connectivity index (χ2v) is 5.06. The number of hydrogen-bond donors (Lipinski definition) is 2. The van der Waals surface area contributed by atoms with Gasteiger partial charge in [-0.05, 0) is 30.5 Å². The van der Waals surface area contributed by atoms with Crippen molar-refractivity contribution in [2.45, 2.75) is 37.6 Å². The van der Waals surface area contributed by atoms with E-state index in [9.17, 15) is 14.7 Å². The molecule has 0 aromatic carbocycles. The molecule has 0 bridgehead atoms. The minimum absolute atomic E-state index is 0.377. The van der Waals surface area contributed by atoms with E-state index in [1.54, 1.807) is 24.5 Å². The molecule has 1 amide bonds. The molecule has 0 aliphatic heterocycles. The number of carbonyl (C=O) groups excluding carboxylic acids is 1. The Morgan fingerprint density at radius 2 is 2.05 bits per heavy atom. The van der Waals surface area contributed by atoms with Crippen LogP contribution in [0.25, 0.3) is 6.08 Å². The number of nitrogens with one attached hydrogen (secondary N) is 1. The SMILES string of the molecule is O=C(/C=C/c1cccnc1)NC1(C(=O)O)CCCCC1. The standard InChI is InChI=1S/C15H18N2O3/c18-13(7-6-12-5-4-10-16-11-12)17-15(14(19)20)8-2-1-3-9-15/h4-7,10-11H,1-3,8-9H2,(H,17,18)(H,19,20)/b7-6+. The quantitative estimate of drug-likeness (QED) is 0.823. The van der Waals surface area contributed by atoms with Crippen molar-refractivity contribution in [3.8, 4) is 0 Å². The molecule has 5 heteroatoms. The zero-order chi connectivity index (χ0) is 14.4. The molecule has 1 aliphatic carbocycles. The first-order valence-corrected chi connectivity index (χ1v) is 6.76. The van der Waals surface area contributed by atoms with Crippen LogP contribution in [0.2, 0.25) is 0 Å². The van der Waals surface area contributed by atoms with Crippen LogP contribution in [-0.4, -0.2) is 27.5 Å². The van der Waals surface area contributed by atoms with Crippen LogP contribution in [0, 0.1) is 0 Å². The zero-order valence-corrected chi connectivity index (χ0v) is 11.2. The molecule has 2 N–H and O–H groups in total. The molecule has 20 heavy (non-hydrogen) atoms. The Kier molecular flexibility index (Phi) is 4.50. The lowest BCUT2D eigenvalue weighted by Crippen LogP contribution is -2.55. The van der Waals surface area contributed by atoms with Gasteiger partial charge < -0.3 is 10.4 Å². The number of carboxylic acid groups (broad SMARTS) is 1. The third-order valence-electron chi connectivity index (χ3n) is 3.59. The van der Waals surface area contributed by atoms with Gasteiger partial charge in [0.2, 0.25) is 5.91 Å². The molecule has 1 fully saturated rings. The van der Waals surface area contributed by atoms with Crippen LogP contribution in [0.15, 0.2) is 30.6 Å². The highest BCUT2D eigenvalue weighted by atomic mass is 16.4. The highest BCUT2D eigenvalue weighted by Gasteiger charge is 2.40. The van der Waals surface area contributed by atoms with Crippen LogP contribution in [0.5, 0.6) is 0 Å². The number of aliphatic carboxylic acids is 1. The van der Waals surface area contributed by atoms with E-state index in [-0.39, 0.29) is 5.91 Å². The average molecular weight is 274 g/mol. The van der Waals surface area contributed by atoms with Gasteiger partial charge in [0.1, 0.15) is 5.54 Å². The fourth-order valence-corrected chi connectivity index (χ4v) is 2.47. The molecule has 1 aromatic rings. The maximum Gasteiger partial charge on any atom is 0.329 e. The molecule has 0 saturated heterocycles. The van der Waals surface area contributed by atoms with E-state index in [2.05, 4.69) is 10.3 Å². The van der Waals surface area contributed by atoms with Crippen molar-refractivity contribution in [1.29, 1.82) is 0 Å². The predicted molar refractivity (Wildman–Crippen MR) is 74.9 cm³/mol. The van der Waals surface area contributed by atoms with Gasteiger partial charge in [-0.1, -0.05) is 25.3 Å². The van der Waals surface area contributed by atoms with Gasteiger partial charge in [-0.25, -0.2) is 4.79 Å². The van der Waals surface area contributed by atoms with Gasteiger partial charge in [0, 0.05) is 18.5 Å². The van der Waals surface area contributed by atoms with Crippen molar-refractivity contribution in [3.63, 3.8) is 0 Å². The number of hydrogen-bond acceptors (Lipinski definition) is 3. The summed E-state index contributed by atoms with van der Waals surface area (Å²) in [5.41, 5.74) is -0.301. The van der Waals surface area contributed by atoms with E-state index < -0.39 is 11.5 Å². The van der Waals surface area contributed by atoms with E-state index in [1.165, 1.54) is 6.08 Å². The molecule has 1 aliphatic rings. The average Bonchev–Trinajstić information content (AvgIpc) is 2.47. The number of amides is 1. The summed E-state index contributed by atoms with van der Waals surface area (Å²) in [6.07, 6.45) is 9.95. The number of carboxylic acids is 1. The highest BCUT2D eigenvalue weighted by Crippen LogP contribution is 2.28. The number of aromatic nitrogens is 1. The molecule has 0 unspecified atom stereocenters. The maximum atomic E-state index is 11.9. The number of carbonyl (C=O) groups is 2. The van der Waals surface area contributed by atoms with E-state index in [0.717, 1.165) is 24.8 Å². The molecule has 5 nitrogen and oxygen atoms in total. The van der Waals surface area contributed by atoms with Gasteiger partial charge in [-0.3, -0.25) is 9.78 Å². The van der Waals surface area contributed by atoms with Gasteiger partial charge >= 0.3 is 5.97 Å². The molecule has 0 atom stereocenters. The van der Waals surface area contributed by atoms with Gasteiger partial charge in [-0.2, -0.15) is 0 Å². The summed E-state index contributed by atoms with van der Waals surface area (Å²) < 4.78 is 0. The topological polar surface area (TPSA) is 79.3 Å². The van der Waals surface area contributed by atoms with Crippen molar-refractivity contribution in [3.05, 3.63) is 36.2 Å². The van der Waals surface area contributed by atoms with Crippen LogP contribution in [0.3, 0.4) is 0 Å². The van der Waals surface area contributed by atoms with Crippen molar-refractivity contribution >= 4 is 18.0 Å². The van der Waals surface area contributed by atoms with Gasteiger partial charge in [0.25, 0.3) is 0 Å². The minimum atomic E-state index is -1.10. The van der Waals surface area contributed by atoms with Crippen molar-refractivity contribution in [1.82, 2.24) is 10.3 Å². The molecule has 1 aromatic heterocycles. The number of pyridine rings is 1. The molecule has 0 radical (unpaired) electrons. The van der Waals surface area contributed by atoms with Crippen LogP contribution < -0.4 is 5.32 Å². The fourth-order valence-electron chi connectivity index (χ4n) is 2.47. The third kappa shape index (κ3) is 3.44. The molecular formula is C15H18N2O3. The lowest BCUT2D eigenvalue weighted by Gasteiger charge is -2.33. The first-order valence-electron chi connectivity index (χ1n) is 6.76. The van der Waals surface area contributed by atoms with Crippen LogP contribution in [-0.2, 0) is 9.59 Å². The van der Waals surface area contributed by atoms with Gasteiger partial charge in [0.15, 0.2) is 0 Å². The lowest BCUT2D eigenvalue weighted by molar-refractivity contribution is -0.148. The minimum Gasteiger partial charge on any atom is -0.480 e. The van der Waals surface area contributed by atoms with E-state index in [1.807, 2.05) is 6.07 Å². The summed E-state index contributed by atoms with van der Waals surface area (Å²) in [4.78, 5) is 27.3. The van der Waals surface area contributed by atoms with E-state index in [0.29, 0.717) is 12.8 Å². The largest absolute Gasteiger partial charge is 0.480 e. The summed E-state index contributed by atoms with van der Waals surface area (Å²) in [5, 5.41) is 12.0. The van der Waals surface area contributed by atoms with Crippen molar-refractivity contribution in [2.75, 3.05) is 0 Å².